The molecular formula is C40H46ClN3O6. The molecule has 1 aliphatic heterocycles. The molecule has 0 radical (unpaired) electrons. The monoisotopic (exact) mass is 699 g/mol. The summed E-state index contributed by atoms with van der Waals surface area (Å²) in [4.78, 5) is 50.4. The van der Waals surface area contributed by atoms with Crippen LogP contribution in [0.4, 0.5) is 10.5 Å². The van der Waals surface area contributed by atoms with Gasteiger partial charge in [-0.25, -0.2) is 9.59 Å². The Kier molecular flexibility index (Phi) is 16.5. The lowest BCUT2D eigenvalue weighted by Gasteiger charge is -2.25. The minimum absolute atomic E-state index is 0.0239. The topological polar surface area (TPSA) is 123 Å². The lowest BCUT2D eigenvalue weighted by molar-refractivity contribution is -0.147. The van der Waals surface area contributed by atoms with Crippen LogP contribution in [0, 0.1) is 5.92 Å². The van der Waals surface area contributed by atoms with Gasteiger partial charge in [-0.15, -0.1) is 0 Å². The third kappa shape index (κ3) is 15.0. The van der Waals surface area contributed by atoms with Crippen molar-refractivity contribution in [3.8, 4) is 0 Å². The number of nitrogens with one attached hydrogen (secondary N) is 3. The number of cyclic esters (lactones) is 1. The zero-order chi connectivity index (χ0) is 36.3. The third-order valence-corrected chi connectivity index (χ3v) is 7.84. The number of para-hydroxylation sites is 1. The lowest BCUT2D eigenvalue weighted by Crippen LogP contribution is -2.46. The van der Waals surface area contributed by atoms with Gasteiger partial charge in [-0.1, -0.05) is 115 Å². The summed E-state index contributed by atoms with van der Waals surface area (Å²) in [6.07, 6.45) is 15.7. The molecule has 2 aromatic rings. The molecule has 264 valence electrons. The van der Waals surface area contributed by atoms with Gasteiger partial charge in [-0.05, 0) is 44.7 Å². The molecule has 9 nitrogen and oxygen atoms in total. The van der Waals surface area contributed by atoms with Gasteiger partial charge in [-0.3, -0.25) is 14.9 Å². The Hall–Kier alpha value is -5.15. The van der Waals surface area contributed by atoms with E-state index in [-0.39, 0.29) is 24.4 Å². The van der Waals surface area contributed by atoms with E-state index in [4.69, 9.17) is 21.1 Å². The smallest absolute Gasteiger partial charge is 0.411 e. The van der Waals surface area contributed by atoms with Gasteiger partial charge in [-0.2, -0.15) is 0 Å². The van der Waals surface area contributed by atoms with E-state index < -0.39 is 30.1 Å². The number of allylic oxidation sites excluding steroid dienone is 5. The molecule has 1 heterocycles. The fraction of sp³-hybridized carbons (Fsp3) is 0.300. The van der Waals surface area contributed by atoms with E-state index in [1.807, 2.05) is 68.5 Å². The first kappa shape index (κ1) is 39.3. The number of hydrogen-bond acceptors (Lipinski definition) is 6. The maximum absolute atomic E-state index is 13.2. The summed E-state index contributed by atoms with van der Waals surface area (Å²) in [5.41, 5.74) is 3.07. The van der Waals surface area contributed by atoms with Crippen molar-refractivity contribution in [2.24, 2.45) is 5.92 Å². The number of anilines is 1. The van der Waals surface area contributed by atoms with Crippen LogP contribution in [0.5, 0.6) is 0 Å². The first-order chi connectivity index (χ1) is 24.0. The summed E-state index contributed by atoms with van der Waals surface area (Å²) in [6, 6.07) is 17.5. The Morgan fingerprint density at radius 3 is 2.36 bits per heavy atom. The largest absolute Gasteiger partial charge is 0.458 e. The molecule has 4 atom stereocenters. The van der Waals surface area contributed by atoms with Crippen molar-refractivity contribution in [1.82, 2.24) is 10.6 Å². The molecule has 0 saturated heterocycles. The number of ether oxygens (including phenoxy) is 2. The number of halogens is 1. The highest BCUT2D eigenvalue weighted by Crippen LogP contribution is 2.22. The van der Waals surface area contributed by atoms with Crippen molar-refractivity contribution in [3.05, 3.63) is 137 Å². The van der Waals surface area contributed by atoms with Crippen LogP contribution in [0.2, 0.25) is 0 Å². The number of esters is 1. The van der Waals surface area contributed by atoms with Gasteiger partial charge >= 0.3 is 12.1 Å². The summed E-state index contributed by atoms with van der Waals surface area (Å²) in [7, 11) is 0. The van der Waals surface area contributed by atoms with Crippen molar-refractivity contribution in [2.75, 3.05) is 5.32 Å². The van der Waals surface area contributed by atoms with E-state index in [0.29, 0.717) is 35.6 Å². The highest BCUT2D eigenvalue weighted by atomic mass is 35.5. The molecule has 2 aromatic carbocycles. The van der Waals surface area contributed by atoms with Crippen LogP contribution in [0.3, 0.4) is 0 Å². The minimum Gasteiger partial charge on any atom is -0.458 e. The zero-order valence-electron chi connectivity index (χ0n) is 28.9. The van der Waals surface area contributed by atoms with Crippen molar-refractivity contribution in [3.63, 3.8) is 0 Å². The lowest BCUT2D eigenvalue weighted by atomic mass is 9.96. The minimum atomic E-state index is -0.855. The first-order valence-corrected chi connectivity index (χ1v) is 16.9. The number of rotatable bonds is 16. The second kappa shape index (κ2) is 21.0. The van der Waals surface area contributed by atoms with Crippen LogP contribution in [-0.2, 0) is 30.3 Å². The predicted molar refractivity (Wildman–Crippen MR) is 198 cm³/mol. The maximum Gasteiger partial charge on any atom is 0.411 e. The molecule has 3 rings (SSSR count). The van der Waals surface area contributed by atoms with Crippen LogP contribution in [0.25, 0.3) is 0 Å². The summed E-state index contributed by atoms with van der Waals surface area (Å²) in [6.45, 7) is 7.42. The second-order valence-corrected chi connectivity index (χ2v) is 12.6. The highest BCUT2D eigenvalue weighted by Gasteiger charge is 2.24. The van der Waals surface area contributed by atoms with Gasteiger partial charge in [0.25, 0.3) is 0 Å². The normalized spacial score (nSPS) is 17.2. The Balaban J connectivity index is 1.57. The fourth-order valence-corrected chi connectivity index (χ4v) is 5.04. The molecule has 0 aliphatic carbocycles. The molecule has 3 N–H and O–H groups in total. The van der Waals surface area contributed by atoms with E-state index in [0.717, 1.165) is 11.1 Å². The number of carbonyl (C=O) groups excluding carboxylic acids is 4. The number of carbonyl (C=O) groups is 4. The molecule has 10 heteroatoms. The van der Waals surface area contributed by atoms with Crippen LogP contribution in [0.15, 0.2) is 132 Å². The molecule has 3 amide bonds. The molecular weight excluding hydrogens is 654 g/mol. The van der Waals surface area contributed by atoms with Gasteiger partial charge < -0.3 is 20.1 Å². The Bertz CT molecular complexity index is 1620. The van der Waals surface area contributed by atoms with Gasteiger partial charge in [0.1, 0.15) is 18.2 Å². The SMILES string of the molecule is CC1=CC[C@@H]([C@@H](C)/C=C(C)/C=C\C=C/C(=O)N[C@@H](Cc2ccccc2)C(=O)N/C=C\C[C@H](C/C=C(\C)Cl)OC(=O)Nc2ccccc2)OC1=O. The van der Waals surface area contributed by atoms with E-state index in [1.165, 1.54) is 12.3 Å². The molecule has 0 bridgehead atoms. The van der Waals surface area contributed by atoms with E-state index >= 15 is 0 Å². The Labute approximate surface area is 299 Å². The summed E-state index contributed by atoms with van der Waals surface area (Å²) in [5, 5.41) is 8.80. The van der Waals surface area contributed by atoms with E-state index in [2.05, 4.69) is 16.0 Å². The Morgan fingerprint density at radius 1 is 1.00 bits per heavy atom. The fourth-order valence-electron chi connectivity index (χ4n) is 4.95. The van der Waals surface area contributed by atoms with Crippen LogP contribution in [0.1, 0.15) is 52.5 Å². The van der Waals surface area contributed by atoms with Crippen LogP contribution < -0.4 is 16.0 Å². The maximum atomic E-state index is 13.2. The molecule has 0 spiro atoms. The van der Waals surface area contributed by atoms with Crippen LogP contribution in [-0.4, -0.2) is 42.1 Å². The first-order valence-electron chi connectivity index (χ1n) is 16.6. The third-order valence-electron chi connectivity index (χ3n) is 7.68. The number of hydrogen-bond donors (Lipinski definition) is 3. The van der Waals surface area contributed by atoms with Gasteiger partial charge in [0, 0.05) is 54.0 Å². The van der Waals surface area contributed by atoms with Gasteiger partial charge in [0.15, 0.2) is 0 Å². The van der Waals surface area contributed by atoms with Crippen molar-refractivity contribution < 1.29 is 28.7 Å². The van der Waals surface area contributed by atoms with E-state index in [9.17, 15) is 19.2 Å². The molecule has 0 fully saturated rings. The molecule has 50 heavy (non-hydrogen) atoms. The van der Waals surface area contributed by atoms with Gasteiger partial charge in [0.05, 0.1) is 0 Å². The van der Waals surface area contributed by atoms with Crippen molar-refractivity contribution in [1.29, 1.82) is 0 Å². The standard InChI is InChI=1S/C40H46ClN3O6/c1-28(26-30(3)36-24-21-29(2)39(47)50-36)14-11-12-20-37(45)44-35(27-32-15-7-5-8-16-32)38(46)42-25-13-19-34(23-22-31(4)41)49-40(48)43-33-17-9-6-10-18-33/h5-18,20-22,25-26,30,34-36H,19,23-24,27H2,1-4H3,(H,42,46)(H,43,48)(H,44,45)/b14-11-,20-12-,25-13-,28-26+,31-22+/t30-,34+,35-,36-/m0/s1. The molecule has 1 aliphatic rings. The highest BCUT2D eigenvalue weighted by molar-refractivity contribution is 6.29. The second-order valence-electron chi connectivity index (χ2n) is 12.0. The molecule has 0 saturated carbocycles. The number of amides is 3. The molecule has 0 aromatic heterocycles. The van der Waals surface area contributed by atoms with Crippen LogP contribution >= 0.6 is 11.6 Å². The Morgan fingerprint density at radius 2 is 1.68 bits per heavy atom. The quantitative estimate of drug-likeness (QED) is 0.0932. The average molecular weight is 700 g/mol. The number of benzene rings is 2. The van der Waals surface area contributed by atoms with E-state index in [1.54, 1.807) is 62.4 Å². The molecule has 0 unspecified atom stereocenters. The zero-order valence-corrected chi connectivity index (χ0v) is 29.7. The summed E-state index contributed by atoms with van der Waals surface area (Å²) in [5.74, 6) is -1.09. The van der Waals surface area contributed by atoms with Crippen molar-refractivity contribution in [2.45, 2.75) is 71.6 Å². The summed E-state index contributed by atoms with van der Waals surface area (Å²) >= 11 is 6.01. The summed E-state index contributed by atoms with van der Waals surface area (Å²) < 4.78 is 11.1. The average Bonchev–Trinajstić information content (AvgIpc) is 3.09. The predicted octanol–water partition coefficient (Wildman–Crippen LogP) is 7.84. The van der Waals surface area contributed by atoms with Crippen molar-refractivity contribution >= 4 is 41.2 Å². The van der Waals surface area contributed by atoms with Gasteiger partial charge in [0.2, 0.25) is 11.8 Å².